The van der Waals surface area contributed by atoms with Gasteiger partial charge in [-0.2, -0.15) is 0 Å². The van der Waals surface area contributed by atoms with Gasteiger partial charge in [0.2, 0.25) is 0 Å². The van der Waals surface area contributed by atoms with Crippen molar-refractivity contribution < 1.29 is 9.53 Å². The van der Waals surface area contributed by atoms with Gasteiger partial charge in [-0.3, -0.25) is 4.79 Å². The maximum absolute atomic E-state index is 11.3. The molecule has 1 aliphatic rings. The van der Waals surface area contributed by atoms with Crippen LogP contribution >= 0.6 is 0 Å². The first-order valence-corrected chi connectivity index (χ1v) is 5.43. The Kier molecular flexibility index (Phi) is 3.25. The highest BCUT2D eigenvalue weighted by Gasteiger charge is 2.11. The van der Waals surface area contributed by atoms with Crippen LogP contribution in [0.25, 0.3) is 0 Å². The number of rotatable bonds is 3. The van der Waals surface area contributed by atoms with Gasteiger partial charge < -0.3 is 10.1 Å². The van der Waals surface area contributed by atoms with Crippen LogP contribution in [0.5, 0.6) is 5.75 Å². The van der Waals surface area contributed by atoms with E-state index >= 15 is 0 Å². The quantitative estimate of drug-likeness (QED) is 0.846. The van der Waals surface area contributed by atoms with E-state index in [1.807, 2.05) is 24.3 Å². The minimum Gasteiger partial charge on any atom is -0.495 e. The molecule has 3 nitrogen and oxygen atoms in total. The molecule has 1 N–H and O–H groups in total. The van der Waals surface area contributed by atoms with Gasteiger partial charge in [0.25, 0.3) is 0 Å². The Balaban J connectivity index is 2.17. The van der Waals surface area contributed by atoms with Crippen molar-refractivity contribution in [3.05, 3.63) is 36.0 Å². The first-order chi connectivity index (χ1) is 7.79. The number of para-hydroxylation sites is 2. The molecule has 1 aromatic rings. The van der Waals surface area contributed by atoms with E-state index in [1.54, 1.807) is 13.2 Å². The van der Waals surface area contributed by atoms with Gasteiger partial charge in [-0.1, -0.05) is 12.1 Å². The normalized spacial score (nSPS) is 15.6. The van der Waals surface area contributed by atoms with E-state index in [0.717, 1.165) is 30.0 Å². The summed E-state index contributed by atoms with van der Waals surface area (Å²) in [5.41, 5.74) is 1.88. The third-order valence-electron chi connectivity index (χ3n) is 2.61. The molecule has 0 bridgehead atoms. The molecule has 0 unspecified atom stereocenters. The Morgan fingerprint density at radius 3 is 2.81 bits per heavy atom. The molecule has 1 aliphatic carbocycles. The van der Waals surface area contributed by atoms with Gasteiger partial charge in [0.1, 0.15) is 5.75 Å². The number of carbonyl (C=O) groups excluding carboxylic acids is 1. The first kappa shape index (κ1) is 10.7. The van der Waals surface area contributed by atoms with Crippen LogP contribution in [-0.2, 0) is 4.79 Å². The lowest BCUT2D eigenvalue weighted by molar-refractivity contribution is -0.115. The van der Waals surface area contributed by atoms with Crippen LogP contribution in [0.3, 0.4) is 0 Å². The minimum absolute atomic E-state index is 0.198. The Hall–Kier alpha value is -1.77. The average Bonchev–Trinajstić information content (AvgIpc) is 2.30. The lowest BCUT2D eigenvalue weighted by atomic mass is 10.0. The van der Waals surface area contributed by atoms with Crippen molar-refractivity contribution in [2.24, 2.45) is 0 Å². The highest BCUT2D eigenvalue weighted by atomic mass is 16.5. The van der Waals surface area contributed by atoms with Crippen LogP contribution in [0.15, 0.2) is 36.0 Å². The van der Waals surface area contributed by atoms with E-state index < -0.39 is 0 Å². The first-order valence-electron chi connectivity index (χ1n) is 5.43. The van der Waals surface area contributed by atoms with Crippen LogP contribution in [0.2, 0.25) is 0 Å². The van der Waals surface area contributed by atoms with Crippen molar-refractivity contribution in [2.45, 2.75) is 19.3 Å². The van der Waals surface area contributed by atoms with E-state index in [0.29, 0.717) is 6.42 Å². The van der Waals surface area contributed by atoms with Crippen molar-refractivity contribution in [3.63, 3.8) is 0 Å². The summed E-state index contributed by atoms with van der Waals surface area (Å²) in [7, 11) is 1.64. The average molecular weight is 217 g/mol. The van der Waals surface area contributed by atoms with E-state index in [4.69, 9.17) is 4.74 Å². The summed E-state index contributed by atoms with van der Waals surface area (Å²) in [5, 5.41) is 3.25. The molecule has 0 aromatic heterocycles. The standard InChI is InChI=1S/C13H15NO2/c1-16-13-8-3-2-7-12(13)14-10-5-4-6-11(15)9-10/h2-3,7-9,14H,4-6H2,1H3. The van der Waals surface area contributed by atoms with Gasteiger partial charge in [0.05, 0.1) is 12.8 Å². The number of ketones is 1. The maximum atomic E-state index is 11.3. The lowest BCUT2D eigenvalue weighted by Gasteiger charge is -2.16. The summed E-state index contributed by atoms with van der Waals surface area (Å²) >= 11 is 0. The molecular weight excluding hydrogens is 202 g/mol. The van der Waals surface area contributed by atoms with E-state index in [1.165, 1.54) is 0 Å². The summed E-state index contributed by atoms with van der Waals surface area (Å²) in [6.07, 6.45) is 4.20. The topological polar surface area (TPSA) is 38.3 Å². The molecule has 0 radical (unpaired) electrons. The van der Waals surface area contributed by atoms with Gasteiger partial charge in [0.15, 0.2) is 5.78 Å². The lowest BCUT2D eigenvalue weighted by Crippen LogP contribution is -2.09. The molecule has 84 valence electrons. The molecule has 0 saturated heterocycles. The largest absolute Gasteiger partial charge is 0.495 e. The zero-order chi connectivity index (χ0) is 11.4. The zero-order valence-corrected chi connectivity index (χ0v) is 9.32. The van der Waals surface area contributed by atoms with Crippen LogP contribution < -0.4 is 10.1 Å². The third-order valence-corrected chi connectivity index (χ3v) is 2.61. The summed E-state index contributed by atoms with van der Waals surface area (Å²) in [6, 6.07) is 7.70. The molecule has 0 spiro atoms. The highest BCUT2D eigenvalue weighted by Crippen LogP contribution is 2.26. The molecule has 2 rings (SSSR count). The van der Waals surface area contributed by atoms with E-state index in [2.05, 4.69) is 5.32 Å². The number of carbonyl (C=O) groups is 1. The number of methoxy groups -OCH3 is 1. The monoisotopic (exact) mass is 217 g/mol. The molecule has 16 heavy (non-hydrogen) atoms. The smallest absolute Gasteiger partial charge is 0.157 e. The second-order valence-corrected chi connectivity index (χ2v) is 3.81. The Labute approximate surface area is 95.1 Å². The highest BCUT2D eigenvalue weighted by molar-refractivity contribution is 5.91. The molecule has 0 heterocycles. The summed E-state index contributed by atoms with van der Waals surface area (Å²) in [4.78, 5) is 11.3. The van der Waals surface area contributed by atoms with E-state index in [-0.39, 0.29) is 5.78 Å². The SMILES string of the molecule is COc1ccccc1NC1=CC(=O)CCC1. The Morgan fingerprint density at radius 1 is 1.25 bits per heavy atom. The predicted molar refractivity (Wildman–Crippen MR) is 63.6 cm³/mol. The molecule has 0 fully saturated rings. The second kappa shape index (κ2) is 4.84. The fourth-order valence-corrected chi connectivity index (χ4v) is 1.81. The van der Waals surface area contributed by atoms with Gasteiger partial charge in [0, 0.05) is 18.2 Å². The van der Waals surface area contributed by atoms with Crippen molar-refractivity contribution in [1.82, 2.24) is 0 Å². The van der Waals surface area contributed by atoms with Gasteiger partial charge >= 0.3 is 0 Å². The molecule has 1 aromatic carbocycles. The molecular formula is C13H15NO2. The van der Waals surface area contributed by atoms with Crippen LogP contribution in [0, 0.1) is 0 Å². The number of ether oxygens (including phenoxy) is 1. The number of benzene rings is 1. The second-order valence-electron chi connectivity index (χ2n) is 3.81. The number of hydrogen-bond donors (Lipinski definition) is 1. The molecule has 0 atom stereocenters. The summed E-state index contributed by atoms with van der Waals surface area (Å²) in [5.74, 6) is 0.991. The Morgan fingerprint density at radius 2 is 2.06 bits per heavy atom. The minimum atomic E-state index is 0.198. The molecule has 0 aliphatic heterocycles. The molecule has 3 heteroatoms. The van der Waals surface area contributed by atoms with Crippen molar-refractivity contribution in [1.29, 1.82) is 0 Å². The molecule has 0 amide bonds. The summed E-state index contributed by atoms with van der Waals surface area (Å²) < 4.78 is 5.24. The van der Waals surface area contributed by atoms with Gasteiger partial charge in [-0.05, 0) is 25.0 Å². The molecule has 0 saturated carbocycles. The van der Waals surface area contributed by atoms with Gasteiger partial charge in [-0.25, -0.2) is 0 Å². The number of nitrogens with one attached hydrogen (secondary N) is 1. The van der Waals surface area contributed by atoms with Gasteiger partial charge in [-0.15, -0.1) is 0 Å². The third kappa shape index (κ3) is 2.42. The van der Waals surface area contributed by atoms with Crippen LogP contribution in [0.1, 0.15) is 19.3 Å². The maximum Gasteiger partial charge on any atom is 0.157 e. The predicted octanol–water partition coefficient (Wildman–Crippen LogP) is 2.74. The Bertz CT molecular complexity index is 424. The number of allylic oxidation sites excluding steroid dienone is 2. The van der Waals surface area contributed by atoms with Crippen LogP contribution in [0.4, 0.5) is 5.69 Å². The zero-order valence-electron chi connectivity index (χ0n) is 9.32. The number of anilines is 1. The van der Waals surface area contributed by atoms with E-state index in [9.17, 15) is 4.79 Å². The summed E-state index contributed by atoms with van der Waals surface area (Å²) in [6.45, 7) is 0. The fraction of sp³-hybridized carbons (Fsp3) is 0.308. The van der Waals surface area contributed by atoms with Crippen molar-refractivity contribution in [2.75, 3.05) is 12.4 Å². The van der Waals surface area contributed by atoms with Crippen LogP contribution in [-0.4, -0.2) is 12.9 Å². The van der Waals surface area contributed by atoms with Crippen molar-refractivity contribution >= 4 is 11.5 Å². The van der Waals surface area contributed by atoms with Crippen molar-refractivity contribution in [3.8, 4) is 5.75 Å². The number of hydrogen-bond acceptors (Lipinski definition) is 3. The fourth-order valence-electron chi connectivity index (χ4n) is 1.81.